The van der Waals surface area contributed by atoms with Crippen LogP contribution in [-0.4, -0.2) is 38.4 Å². The number of hydrogen-bond acceptors (Lipinski definition) is 5. The zero-order valence-electron chi connectivity index (χ0n) is 17.9. The molecular formula is C25H24N2O4. The summed E-state index contributed by atoms with van der Waals surface area (Å²) >= 11 is 0. The van der Waals surface area contributed by atoms with Crippen LogP contribution in [0.5, 0.6) is 23.0 Å². The Morgan fingerprint density at radius 2 is 1.26 bits per heavy atom. The summed E-state index contributed by atoms with van der Waals surface area (Å²) in [5.74, 6) is 3.55. The highest BCUT2D eigenvalue weighted by Gasteiger charge is 2.19. The van der Waals surface area contributed by atoms with Crippen LogP contribution >= 0.6 is 0 Å². The minimum atomic E-state index is 0.626. The van der Waals surface area contributed by atoms with Crippen molar-refractivity contribution in [3.63, 3.8) is 0 Å². The Balaban J connectivity index is 1.89. The average Bonchev–Trinajstić information content (AvgIpc) is 3.28. The van der Waals surface area contributed by atoms with Gasteiger partial charge < -0.3 is 23.9 Å². The van der Waals surface area contributed by atoms with Gasteiger partial charge in [0.05, 0.1) is 45.4 Å². The first kappa shape index (κ1) is 20.3. The molecule has 3 aromatic carbocycles. The number of aromatic amines is 1. The zero-order valence-corrected chi connectivity index (χ0v) is 17.9. The van der Waals surface area contributed by atoms with Gasteiger partial charge in [0, 0.05) is 11.1 Å². The lowest BCUT2D eigenvalue weighted by Gasteiger charge is -2.10. The molecule has 0 atom stereocenters. The summed E-state index contributed by atoms with van der Waals surface area (Å²) in [5.41, 5.74) is 4.50. The van der Waals surface area contributed by atoms with Crippen LogP contribution in [0.4, 0.5) is 0 Å². The molecule has 0 amide bonds. The highest BCUT2D eigenvalue weighted by Crippen LogP contribution is 2.40. The molecule has 6 nitrogen and oxygen atoms in total. The molecule has 0 unspecified atom stereocenters. The normalized spacial score (nSPS) is 10.6. The second kappa shape index (κ2) is 8.83. The number of benzene rings is 3. The molecule has 4 aromatic rings. The first-order valence-corrected chi connectivity index (χ1v) is 9.78. The van der Waals surface area contributed by atoms with Gasteiger partial charge in [0.1, 0.15) is 17.3 Å². The molecule has 1 aromatic heterocycles. The van der Waals surface area contributed by atoms with E-state index in [1.54, 1.807) is 28.4 Å². The van der Waals surface area contributed by atoms with Crippen LogP contribution in [-0.2, 0) is 0 Å². The van der Waals surface area contributed by atoms with Gasteiger partial charge >= 0.3 is 0 Å². The fourth-order valence-electron chi connectivity index (χ4n) is 3.50. The molecular weight excluding hydrogens is 392 g/mol. The lowest BCUT2D eigenvalue weighted by molar-refractivity contribution is 0.356. The van der Waals surface area contributed by atoms with Crippen LogP contribution in [0, 0.1) is 0 Å². The fourth-order valence-corrected chi connectivity index (χ4v) is 3.50. The molecule has 0 fully saturated rings. The SMILES string of the molecule is COc1ccc(-c2nc(-c3cccc(OC)c3OC)[nH]c2-c2ccc(OC)cc2)cc1. The van der Waals surface area contributed by atoms with Gasteiger partial charge in [-0.3, -0.25) is 0 Å². The molecule has 0 saturated heterocycles. The molecule has 158 valence electrons. The van der Waals surface area contributed by atoms with Crippen molar-refractivity contribution >= 4 is 0 Å². The van der Waals surface area contributed by atoms with Gasteiger partial charge in [0.25, 0.3) is 0 Å². The third-order valence-corrected chi connectivity index (χ3v) is 5.10. The van der Waals surface area contributed by atoms with Crippen molar-refractivity contribution in [3.05, 3.63) is 66.7 Å². The van der Waals surface area contributed by atoms with Crippen molar-refractivity contribution in [2.24, 2.45) is 0 Å². The maximum Gasteiger partial charge on any atom is 0.171 e. The third-order valence-electron chi connectivity index (χ3n) is 5.10. The minimum absolute atomic E-state index is 0.626. The predicted molar refractivity (Wildman–Crippen MR) is 121 cm³/mol. The predicted octanol–water partition coefficient (Wildman–Crippen LogP) is 5.45. The molecule has 4 rings (SSSR count). The Labute approximate surface area is 181 Å². The topological polar surface area (TPSA) is 65.6 Å². The Hall–Kier alpha value is -3.93. The van der Waals surface area contributed by atoms with Crippen molar-refractivity contribution in [1.29, 1.82) is 0 Å². The number of H-pyrrole nitrogens is 1. The third kappa shape index (κ3) is 3.92. The summed E-state index contributed by atoms with van der Waals surface area (Å²) in [4.78, 5) is 8.43. The van der Waals surface area contributed by atoms with Crippen molar-refractivity contribution < 1.29 is 18.9 Å². The van der Waals surface area contributed by atoms with E-state index < -0.39 is 0 Å². The zero-order chi connectivity index (χ0) is 21.8. The van der Waals surface area contributed by atoms with Crippen LogP contribution in [0.25, 0.3) is 33.9 Å². The van der Waals surface area contributed by atoms with Crippen molar-refractivity contribution in [3.8, 4) is 56.9 Å². The van der Waals surface area contributed by atoms with Gasteiger partial charge in [-0.15, -0.1) is 0 Å². The summed E-state index contributed by atoms with van der Waals surface area (Å²) in [6.45, 7) is 0. The largest absolute Gasteiger partial charge is 0.497 e. The second-order valence-corrected chi connectivity index (χ2v) is 6.81. The first-order chi connectivity index (χ1) is 15.2. The molecule has 1 heterocycles. The van der Waals surface area contributed by atoms with Crippen molar-refractivity contribution in [1.82, 2.24) is 9.97 Å². The Kier molecular flexibility index (Phi) is 5.80. The summed E-state index contributed by atoms with van der Waals surface area (Å²) < 4.78 is 21.7. The number of ether oxygens (including phenoxy) is 4. The van der Waals surface area contributed by atoms with Crippen LogP contribution in [0.3, 0.4) is 0 Å². The van der Waals surface area contributed by atoms with Gasteiger partial charge in [0.2, 0.25) is 0 Å². The summed E-state index contributed by atoms with van der Waals surface area (Å²) in [5, 5.41) is 0. The van der Waals surface area contributed by atoms with E-state index in [2.05, 4.69) is 4.98 Å². The molecule has 1 N–H and O–H groups in total. The number of para-hydroxylation sites is 1. The Morgan fingerprint density at radius 3 is 1.81 bits per heavy atom. The van der Waals surface area contributed by atoms with Crippen molar-refractivity contribution in [2.45, 2.75) is 0 Å². The summed E-state index contributed by atoms with van der Waals surface area (Å²) in [6.07, 6.45) is 0. The average molecular weight is 416 g/mol. The number of rotatable bonds is 7. The van der Waals surface area contributed by atoms with Crippen LogP contribution in [0.15, 0.2) is 66.7 Å². The molecule has 0 aliphatic rings. The highest BCUT2D eigenvalue weighted by molar-refractivity contribution is 5.83. The van der Waals surface area contributed by atoms with E-state index in [-0.39, 0.29) is 0 Å². The first-order valence-electron chi connectivity index (χ1n) is 9.78. The maximum atomic E-state index is 5.62. The minimum Gasteiger partial charge on any atom is -0.497 e. The van der Waals surface area contributed by atoms with E-state index in [1.807, 2.05) is 66.7 Å². The molecule has 6 heteroatoms. The van der Waals surface area contributed by atoms with E-state index in [0.717, 1.165) is 39.6 Å². The van der Waals surface area contributed by atoms with Gasteiger partial charge in [-0.2, -0.15) is 0 Å². The Morgan fingerprint density at radius 1 is 0.645 bits per heavy atom. The number of nitrogens with zero attached hydrogens (tertiary/aromatic N) is 1. The molecule has 31 heavy (non-hydrogen) atoms. The lowest BCUT2D eigenvalue weighted by atomic mass is 10.0. The lowest BCUT2D eigenvalue weighted by Crippen LogP contribution is -1.94. The molecule has 0 bridgehead atoms. The highest BCUT2D eigenvalue weighted by atomic mass is 16.5. The van der Waals surface area contributed by atoms with E-state index >= 15 is 0 Å². The van der Waals surface area contributed by atoms with E-state index in [1.165, 1.54) is 0 Å². The van der Waals surface area contributed by atoms with E-state index in [0.29, 0.717) is 17.3 Å². The standard InChI is InChI=1S/C25H24N2O4/c1-28-18-12-8-16(9-13-18)22-23(17-10-14-19(29-2)15-11-17)27-25(26-22)20-6-5-7-21(30-3)24(20)31-4/h5-15H,1-4H3,(H,26,27). The smallest absolute Gasteiger partial charge is 0.171 e. The number of nitrogens with one attached hydrogen (secondary N) is 1. The van der Waals surface area contributed by atoms with Crippen LogP contribution in [0.2, 0.25) is 0 Å². The molecule has 0 radical (unpaired) electrons. The van der Waals surface area contributed by atoms with Crippen molar-refractivity contribution in [2.75, 3.05) is 28.4 Å². The van der Waals surface area contributed by atoms with E-state index in [9.17, 15) is 0 Å². The molecule has 0 aliphatic carbocycles. The molecule has 0 spiro atoms. The Bertz CT molecular complexity index is 1100. The molecule has 0 aliphatic heterocycles. The maximum absolute atomic E-state index is 5.62. The fraction of sp³-hybridized carbons (Fsp3) is 0.160. The quantitative estimate of drug-likeness (QED) is 0.434. The van der Waals surface area contributed by atoms with Gasteiger partial charge in [-0.1, -0.05) is 6.07 Å². The number of methoxy groups -OCH3 is 4. The second-order valence-electron chi connectivity index (χ2n) is 6.81. The van der Waals surface area contributed by atoms with Crippen LogP contribution < -0.4 is 18.9 Å². The van der Waals surface area contributed by atoms with Gasteiger partial charge in [-0.05, 0) is 60.7 Å². The summed E-state index contributed by atoms with van der Waals surface area (Å²) in [6, 6.07) is 21.4. The number of imidazole rings is 1. The number of hydrogen-bond donors (Lipinski definition) is 1. The van der Waals surface area contributed by atoms with Gasteiger partial charge in [-0.25, -0.2) is 4.98 Å². The molecule has 0 saturated carbocycles. The van der Waals surface area contributed by atoms with E-state index in [4.69, 9.17) is 23.9 Å². The van der Waals surface area contributed by atoms with Crippen LogP contribution in [0.1, 0.15) is 0 Å². The summed E-state index contributed by atoms with van der Waals surface area (Å²) in [7, 11) is 6.55. The monoisotopic (exact) mass is 416 g/mol. The number of aromatic nitrogens is 2. The van der Waals surface area contributed by atoms with Gasteiger partial charge in [0.15, 0.2) is 11.5 Å².